The van der Waals surface area contributed by atoms with Crippen LogP contribution in [0.1, 0.15) is 51.4 Å². The molecule has 3 N–H and O–H groups in total. The van der Waals surface area contributed by atoms with Crippen molar-refractivity contribution in [2.24, 2.45) is 5.92 Å². The number of rotatable bonds is 5. The van der Waals surface area contributed by atoms with E-state index in [0.29, 0.717) is 11.5 Å². The van der Waals surface area contributed by atoms with Crippen LogP contribution in [0.25, 0.3) is 0 Å². The normalized spacial score (nSPS) is 20.8. The number of carboxylic acid groups (broad SMARTS) is 1. The van der Waals surface area contributed by atoms with E-state index in [-0.39, 0.29) is 34.2 Å². The predicted molar refractivity (Wildman–Crippen MR) is 129 cm³/mol. The van der Waals surface area contributed by atoms with Crippen molar-refractivity contribution >= 4 is 27.5 Å². The molecule has 9 heteroatoms. The molecule has 0 fully saturated rings. The number of nitrogens with zero attached hydrogens (tertiary/aromatic N) is 2. The van der Waals surface area contributed by atoms with Gasteiger partial charge in [0.25, 0.3) is 10.0 Å². The Labute approximate surface area is 197 Å². The van der Waals surface area contributed by atoms with E-state index in [2.05, 4.69) is 32.2 Å². The van der Waals surface area contributed by atoms with Gasteiger partial charge in [0, 0.05) is 23.4 Å². The number of aromatic nitrogens is 2. The van der Waals surface area contributed by atoms with Crippen LogP contribution in [0.15, 0.2) is 65.6 Å². The first-order valence-corrected chi connectivity index (χ1v) is 12.4. The Balaban J connectivity index is 1.49. The minimum absolute atomic E-state index is 0.0217. The smallest absolute Gasteiger partial charge is 0.335 e. The molecule has 0 saturated carbocycles. The van der Waals surface area contributed by atoms with Crippen molar-refractivity contribution in [2.45, 2.75) is 37.1 Å². The summed E-state index contributed by atoms with van der Waals surface area (Å²) in [5, 5.41) is 12.9. The molecule has 5 rings (SSSR count). The van der Waals surface area contributed by atoms with Crippen molar-refractivity contribution in [3.8, 4) is 0 Å². The standard InChI is InChI=1S/C25H24N4O4S/c1-14-11-23(27-15(2)26-14)29-34(32,33)18-9-10-22-21(13-18)19-7-4-8-20(19)24(28-22)16-5-3-6-17(12-16)25(30)31/h3-7,9-13,19-20,24,28H,8H2,1-2H3,(H,30,31)(H,26,27,29)/t19-,20-,24+/m1/s1. The Kier molecular flexibility index (Phi) is 5.36. The third kappa shape index (κ3) is 4.03. The summed E-state index contributed by atoms with van der Waals surface area (Å²) < 4.78 is 28.8. The van der Waals surface area contributed by atoms with Gasteiger partial charge in [0.1, 0.15) is 11.6 Å². The van der Waals surface area contributed by atoms with Crippen molar-refractivity contribution in [3.05, 3.63) is 88.9 Å². The maximum Gasteiger partial charge on any atom is 0.335 e. The molecule has 8 nitrogen and oxygen atoms in total. The highest BCUT2D eigenvalue weighted by Gasteiger charge is 2.38. The number of fused-ring (bicyclic) bond motifs is 3. The van der Waals surface area contributed by atoms with Crippen molar-refractivity contribution in [3.63, 3.8) is 0 Å². The molecule has 174 valence electrons. The Bertz CT molecular complexity index is 1410. The Hall–Kier alpha value is -3.72. The quantitative estimate of drug-likeness (QED) is 0.466. The van der Waals surface area contributed by atoms with Gasteiger partial charge in [-0.1, -0.05) is 24.3 Å². The van der Waals surface area contributed by atoms with E-state index in [1.165, 1.54) is 0 Å². The first-order valence-electron chi connectivity index (χ1n) is 11.0. The van der Waals surface area contributed by atoms with E-state index in [4.69, 9.17) is 0 Å². The third-order valence-corrected chi connectivity index (χ3v) is 7.69. The highest BCUT2D eigenvalue weighted by molar-refractivity contribution is 7.92. The largest absolute Gasteiger partial charge is 0.478 e. The van der Waals surface area contributed by atoms with Crippen LogP contribution in [0, 0.1) is 19.8 Å². The minimum atomic E-state index is -3.85. The van der Waals surface area contributed by atoms with Gasteiger partial charge < -0.3 is 10.4 Å². The van der Waals surface area contributed by atoms with Gasteiger partial charge in [0.05, 0.1) is 16.5 Å². The summed E-state index contributed by atoms with van der Waals surface area (Å²) in [7, 11) is -3.85. The third-order valence-electron chi connectivity index (χ3n) is 6.34. The molecule has 3 atom stereocenters. The van der Waals surface area contributed by atoms with E-state index in [0.717, 1.165) is 23.2 Å². The fourth-order valence-electron chi connectivity index (χ4n) is 4.90. The fourth-order valence-corrected chi connectivity index (χ4v) is 5.93. The number of carbonyl (C=O) groups is 1. The fraction of sp³-hybridized carbons (Fsp3) is 0.240. The zero-order chi connectivity index (χ0) is 24.0. The molecule has 0 bridgehead atoms. The molecule has 1 aliphatic heterocycles. The lowest BCUT2D eigenvalue weighted by molar-refractivity contribution is 0.0696. The van der Waals surface area contributed by atoms with Crippen LogP contribution < -0.4 is 10.0 Å². The molecule has 2 aliphatic rings. The Morgan fingerprint density at radius 1 is 1.12 bits per heavy atom. The molecule has 0 radical (unpaired) electrons. The van der Waals surface area contributed by atoms with E-state index in [1.807, 2.05) is 6.07 Å². The average molecular weight is 477 g/mol. The average Bonchev–Trinajstić information content (AvgIpc) is 3.27. The first kappa shape index (κ1) is 22.1. The van der Waals surface area contributed by atoms with Crippen molar-refractivity contribution in [1.82, 2.24) is 9.97 Å². The van der Waals surface area contributed by atoms with Crippen LogP contribution >= 0.6 is 0 Å². The van der Waals surface area contributed by atoms with Gasteiger partial charge in [0.15, 0.2) is 0 Å². The van der Waals surface area contributed by atoms with Crippen LogP contribution in [-0.4, -0.2) is 29.5 Å². The second kappa shape index (κ2) is 8.25. The second-order valence-corrected chi connectivity index (χ2v) is 10.4. The Morgan fingerprint density at radius 3 is 2.71 bits per heavy atom. The van der Waals surface area contributed by atoms with E-state index < -0.39 is 16.0 Å². The first-order chi connectivity index (χ1) is 16.2. The maximum absolute atomic E-state index is 13.1. The van der Waals surface area contributed by atoms with Crippen LogP contribution in [0.3, 0.4) is 0 Å². The minimum Gasteiger partial charge on any atom is -0.478 e. The van der Waals surface area contributed by atoms with Crippen molar-refractivity contribution in [1.29, 1.82) is 0 Å². The van der Waals surface area contributed by atoms with Gasteiger partial charge in [-0.25, -0.2) is 23.2 Å². The van der Waals surface area contributed by atoms with Gasteiger partial charge in [0.2, 0.25) is 0 Å². The molecule has 0 spiro atoms. The Morgan fingerprint density at radius 2 is 1.94 bits per heavy atom. The number of hydrogen-bond acceptors (Lipinski definition) is 6. The molecule has 0 unspecified atom stereocenters. The summed E-state index contributed by atoms with van der Waals surface area (Å²) in [6.45, 7) is 3.50. The number of sulfonamides is 1. The lowest BCUT2D eigenvalue weighted by atomic mass is 9.77. The van der Waals surface area contributed by atoms with Crippen LogP contribution in [0.5, 0.6) is 0 Å². The number of nitrogens with one attached hydrogen (secondary N) is 2. The van der Waals surface area contributed by atoms with Gasteiger partial charge >= 0.3 is 5.97 Å². The molecule has 1 aliphatic carbocycles. The second-order valence-electron chi connectivity index (χ2n) is 8.70. The summed E-state index contributed by atoms with van der Waals surface area (Å²) in [6, 6.07) is 13.5. The number of carboxylic acids is 1. The molecule has 2 heterocycles. The zero-order valence-corrected chi connectivity index (χ0v) is 19.5. The number of hydrogen-bond donors (Lipinski definition) is 3. The highest BCUT2D eigenvalue weighted by atomic mass is 32.2. The van der Waals surface area contributed by atoms with Gasteiger partial charge in [-0.3, -0.25) is 4.72 Å². The molecule has 3 aromatic rings. The van der Waals surface area contributed by atoms with E-state index in [9.17, 15) is 18.3 Å². The molecule has 1 aromatic heterocycles. The van der Waals surface area contributed by atoms with Gasteiger partial charge in [-0.15, -0.1) is 0 Å². The monoisotopic (exact) mass is 476 g/mol. The van der Waals surface area contributed by atoms with Crippen LogP contribution in [-0.2, 0) is 10.0 Å². The van der Waals surface area contributed by atoms with Gasteiger partial charge in [-0.05, 0) is 67.6 Å². The number of anilines is 2. The van der Waals surface area contributed by atoms with Crippen molar-refractivity contribution < 1.29 is 18.3 Å². The zero-order valence-electron chi connectivity index (χ0n) is 18.7. The molecule has 0 amide bonds. The van der Waals surface area contributed by atoms with E-state index in [1.54, 1.807) is 56.3 Å². The molecule has 2 aromatic carbocycles. The highest BCUT2D eigenvalue weighted by Crippen LogP contribution is 2.50. The lowest BCUT2D eigenvalue weighted by Gasteiger charge is -2.37. The summed E-state index contributed by atoms with van der Waals surface area (Å²) in [5.41, 5.74) is 3.57. The topological polar surface area (TPSA) is 121 Å². The van der Waals surface area contributed by atoms with Crippen LogP contribution in [0.4, 0.5) is 11.5 Å². The summed E-state index contributed by atoms with van der Waals surface area (Å²) in [6.07, 6.45) is 5.03. The maximum atomic E-state index is 13.1. The lowest BCUT2D eigenvalue weighted by Crippen LogP contribution is -2.29. The number of aromatic carboxylic acids is 1. The summed E-state index contributed by atoms with van der Waals surface area (Å²) >= 11 is 0. The molecule has 34 heavy (non-hydrogen) atoms. The molecular formula is C25H24N4O4S. The molecule has 0 saturated heterocycles. The van der Waals surface area contributed by atoms with Crippen molar-refractivity contribution in [2.75, 3.05) is 10.0 Å². The number of allylic oxidation sites excluding steroid dienone is 2. The van der Waals surface area contributed by atoms with E-state index >= 15 is 0 Å². The SMILES string of the molecule is Cc1cc(NS(=O)(=O)c2ccc3c(c2)[C@@H]2C=CC[C@H]2[C@H](c2cccc(C(=O)O)c2)N3)nc(C)n1. The van der Waals surface area contributed by atoms with Crippen LogP contribution in [0.2, 0.25) is 0 Å². The summed E-state index contributed by atoms with van der Waals surface area (Å²) in [4.78, 5) is 20.0. The summed E-state index contributed by atoms with van der Waals surface area (Å²) in [5.74, 6) is -0.0687. The number of aryl methyl sites for hydroxylation is 2. The number of benzene rings is 2. The predicted octanol–water partition coefficient (Wildman–Crippen LogP) is 4.42. The molecular weight excluding hydrogens is 452 g/mol. The van der Waals surface area contributed by atoms with Gasteiger partial charge in [-0.2, -0.15) is 0 Å².